The average molecular weight is 541 g/mol. The van der Waals surface area contributed by atoms with E-state index in [2.05, 4.69) is 37.2 Å². The van der Waals surface area contributed by atoms with Gasteiger partial charge in [0.05, 0.1) is 47.0 Å². The van der Waals surface area contributed by atoms with Crippen molar-refractivity contribution in [3.63, 3.8) is 0 Å². The van der Waals surface area contributed by atoms with Crippen LogP contribution in [0.1, 0.15) is 11.4 Å². The fourth-order valence-electron chi connectivity index (χ4n) is 4.60. The fourth-order valence-corrected chi connectivity index (χ4v) is 6.32. The summed E-state index contributed by atoms with van der Waals surface area (Å²) in [6.07, 6.45) is 4.81. The van der Waals surface area contributed by atoms with Crippen LogP contribution in [0.25, 0.3) is 20.8 Å². The minimum absolute atomic E-state index is 0.290. The maximum atomic E-state index is 12.1. The molecule has 14 heteroatoms. The van der Waals surface area contributed by atoms with E-state index in [9.17, 15) is 8.42 Å². The van der Waals surface area contributed by atoms with Crippen LogP contribution >= 0.6 is 11.3 Å². The lowest BCUT2D eigenvalue weighted by Crippen LogP contribution is -2.45. The van der Waals surface area contributed by atoms with Gasteiger partial charge in [-0.1, -0.05) is 0 Å². The molecule has 1 N–H and O–H groups in total. The van der Waals surface area contributed by atoms with Crippen molar-refractivity contribution in [3.8, 4) is 10.6 Å². The highest BCUT2D eigenvalue weighted by atomic mass is 32.2. The fraction of sp³-hybridized carbons (Fsp3) is 0.435. The molecule has 2 aliphatic heterocycles. The van der Waals surface area contributed by atoms with Crippen LogP contribution in [0, 0.1) is 6.92 Å². The summed E-state index contributed by atoms with van der Waals surface area (Å²) >= 11 is 1.52. The average Bonchev–Trinajstić information content (AvgIpc) is 3.46. The molecule has 194 valence electrons. The number of sulfonamides is 1. The van der Waals surface area contributed by atoms with Crippen molar-refractivity contribution < 1.29 is 8.42 Å². The van der Waals surface area contributed by atoms with Crippen LogP contribution in [0.3, 0.4) is 0 Å². The lowest BCUT2D eigenvalue weighted by atomic mass is 10.2. The summed E-state index contributed by atoms with van der Waals surface area (Å²) in [4.78, 5) is 23.3. The molecule has 0 aliphatic carbocycles. The molecule has 0 saturated carbocycles. The van der Waals surface area contributed by atoms with Gasteiger partial charge in [0.1, 0.15) is 16.6 Å². The smallest absolute Gasteiger partial charge is 0.227 e. The number of thiazole rings is 1. The Morgan fingerprint density at radius 3 is 2.57 bits per heavy atom. The number of nitrogens with one attached hydrogen (secondary N) is 1. The van der Waals surface area contributed by atoms with E-state index >= 15 is 0 Å². The molecule has 6 heterocycles. The number of aryl methyl sites for hydroxylation is 1. The second-order valence-corrected chi connectivity index (χ2v) is 12.5. The zero-order chi connectivity index (χ0) is 25.7. The van der Waals surface area contributed by atoms with Crippen molar-refractivity contribution in [2.24, 2.45) is 0 Å². The van der Waals surface area contributed by atoms with E-state index in [0.29, 0.717) is 24.7 Å². The van der Waals surface area contributed by atoms with Gasteiger partial charge in [0.2, 0.25) is 16.0 Å². The van der Waals surface area contributed by atoms with Gasteiger partial charge in [0, 0.05) is 56.7 Å². The Bertz CT molecular complexity index is 1570. The molecule has 0 unspecified atom stereocenters. The van der Waals surface area contributed by atoms with Gasteiger partial charge in [0.25, 0.3) is 0 Å². The molecule has 0 amide bonds. The number of aromatic nitrogens is 6. The van der Waals surface area contributed by atoms with Gasteiger partial charge in [0.15, 0.2) is 0 Å². The minimum atomic E-state index is -3.28. The second-order valence-electron chi connectivity index (χ2n) is 9.49. The number of hydrogen-bond donors (Lipinski definition) is 1. The van der Waals surface area contributed by atoms with Gasteiger partial charge in [-0.25, -0.2) is 23.4 Å². The quantitative estimate of drug-likeness (QED) is 0.401. The van der Waals surface area contributed by atoms with E-state index in [0.717, 1.165) is 64.3 Å². The number of anilines is 3. The van der Waals surface area contributed by atoms with Crippen molar-refractivity contribution in [2.75, 3.05) is 56.2 Å². The van der Waals surface area contributed by atoms with E-state index in [1.165, 1.54) is 21.9 Å². The molecule has 4 aromatic heterocycles. The molecule has 12 nitrogen and oxygen atoms in total. The summed E-state index contributed by atoms with van der Waals surface area (Å²) in [6.45, 7) is 6.96. The number of rotatable bonds is 5. The monoisotopic (exact) mass is 540 g/mol. The Morgan fingerprint density at radius 1 is 0.973 bits per heavy atom. The highest BCUT2D eigenvalue weighted by Gasteiger charge is 2.27. The van der Waals surface area contributed by atoms with Crippen LogP contribution in [0.4, 0.5) is 17.6 Å². The molecule has 2 aliphatic rings. The zero-order valence-electron chi connectivity index (χ0n) is 20.9. The predicted molar refractivity (Wildman–Crippen MR) is 144 cm³/mol. The molecule has 1 fully saturated rings. The first-order valence-corrected chi connectivity index (χ1v) is 14.7. The van der Waals surface area contributed by atoms with Crippen molar-refractivity contribution in [2.45, 2.75) is 20.0 Å². The Kier molecular flexibility index (Phi) is 6.06. The third-order valence-corrected chi connectivity index (χ3v) is 8.98. The summed E-state index contributed by atoms with van der Waals surface area (Å²) in [6, 6.07) is 3.81. The first-order valence-electron chi connectivity index (χ1n) is 12.1. The third-order valence-electron chi connectivity index (χ3n) is 6.70. The third kappa shape index (κ3) is 4.89. The lowest BCUT2D eigenvalue weighted by molar-refractivity contribution is 0.311. The van der Waals surface area contributed by atoms with Gasteiger partial charge >= 0.3 is 0 Å². The summed E-state index contributed by atoms with van der Waals surface area (Å²) < 4.78 is 28.5. The topological polar surface area (TPSA) is 125 Å². The molecule has 0 bridgehead atoms. The highest BCUT2D eigenvalue weighted by Crippen LogP contribution is 2.34. The standard InChI is InChI=1S/C23H28N10O2S2/c1-15-10-21(29-23(26-15)31-6-4-30(2)5-7-31)28-20-11-17-19(13-24-20)36-22(27-17)16-12-25-33-9-8-32(14-18(16)33)37(3,34)35/h10-13H,4-9,14H2,1-3H3,(H,24,26,28,29). The summed E-state index contributed by atoms with van der Waals surface area (Å²) in [5.41, 5.74) is 3.40. The van der Waals surface area contributed by atoms with Crippen LogP contribution < -0.4 is 10.2 Å². The number of pyridine rings is 1. The van der Waals surface area contributed by atoms with Crippen molar-refractivity contribution in [1.29, 1.82) is 0 Å². The van der Waals surface area contributed by atoms with Crippen molar-refractivity contribution in [3.05, 3.63) is 35.9 Å². The minimum Gasteiger partial charge on any atom is -0.338 e. The predicted octanol–water partition coefficient (Wildman–Crippen LogP) is 1.92. The van der Waals surface area contributed by atoms with Crippen LogP contribution in [-0.2, 0) is 23.1 Å². The Labute approximate surface area is 219 Å². The molecule has 0 atom stereocenters. The van der Waals surface area contributed by atoms with Gasteiger partial charge < -0.3 is 15.1 Å². The molecular formula is C23H28N10O2S2. The van der Waals surface area contributed by atoms with E-state index in [4.69, 9.17) is 9.97 Å². The van der Waals surface area contributed by atoms with Crippen LogP contribution in [-0.4, -0.2) is 93.4 Å². The largest absolute Gasteiger partial charge is 0.338 e. The number of hydrogen-bond acceptors (Lipinski definition) is 11. The second kappa shape index (κ2) is 9.28. The Morgan fingerprint density at radius 2 is 1.78 bits per heavy atom. The van der Waals surface area contributed by atoms with Crippen molar-refractivity contribution >= 4 is 49.2 Å². The number of likely N-dealkylation sites (N-methyl/N-ethyl adjacent to an activating group) is 1. The SMILES string of the molecule is Cc1cc(Nc2cc3nc(-c4cnn5c4CN(S(C)(=O)=O)CC5)sc3cn2)nc(N2CCN(C)CC2)n1. The van der Waals surface area contributed by atoms with Crippen LogP contribution in [0.2, 0.25) is 0 Å². The molecule has 37 heavy (non-hydrogen) atoms. The number of piperazine rings is 1. The van der Waals surface area contributed by atoms with Gasteiger partial charge in [-0.15, -0.1) is 11.3 Å². The van der Waals surface area contributed by atoms with Gasteiger partial charge in [-0.2, -0.15) is 14.4 Å². The molecule has 0 aromatic carbocycles. The summed E-state index contributed by atoms with van der Waals surface area (Å²) in [5.74, 6) is 2.06. The molecule has 6 rings (SSSR count). The number of fused-ring (bicyclic) bond motifs is 2. The van der Waals surface area contributed by atoms with E-state index in [-0.39, 0.29) is 6.54 Å². The Balaban J connectivity index is 1.26. The molecule has 4 aromatic rings. The van der Waals surface area contributed by atoms with E-state index in [1.54, 1.807) is 12.4 Å². The van der Waals surface area contributed by atoms with Crippen molar-refractivity contribution in [1.82, 2.24) is 38.9 Å². The van der Waals surface area contributed by atoms with Crippen LogP contribution in [0.15, 0.2) is 24.5 Å². The maximum Gasteiger partial charge on any atom is 0.227 e. The zero-order valence-corrected chi connectivity index (χ0v) is 22.6. The molecule has 0 radical (unpaired) electrons. The lowest BCUT2D eigenvalue weighted by Gasteiger charge is -2.32. The summed E-state index contributed by atoms with van der Waals surface area (Å²) in [7, 11) is -1.16. The number of nitrogens with zero attached hydrogens (tertiary/aromatic N) is 9. The van der Waals surface area contributed by atoms with Gasteiger partial charge in [-0.3, -0.25) is 4.68 Å². The summed E-state index contributed by atoms with van der Waals surface area (Å²) in [5, 5.41) is 8.57. The molecular weight excluding hydrogens is 512 g/mol. The first-order chi connectivity index (χ1) is 17.7. The Hall–Kier alpha value is -3.20. The molecule has 1 saturated heterocycles. The van der Waals surface area contributed by atoms with Gasteiger partial charge in [-0.05, 0) is 14.0 Å². The first kappa shape index (κ1) is 24.2. The van der Waals surface area contributed by atoms with Crippen LogP contribution in [0.5, 0.6) is 0 Å². The molecule has 0 spiro atoms. The highest BCUT2D eigenvalue weighted by molar-refractivity contribution is 7.88. The maximum absolute atomic E-state index is 12.1. The normalized spacial score (nSPS) is 17.3. The van der Waals surface area contributed by atoms with E-state index in [1.807, 2.05) is 23.7 Å². The van der Waals surface area contributed by atoms with E-state index < -0.39 is 10.0 Å².